The number of benzene rings is 2. The molecule has 0 bridgehead atoms. The predicted molar refractivity (Wildman–Crippen MR) is 98.4 cm³/mol. The van der Waals surface area contributed by atoms with Crippen molar-refractivity contribution < 1.29 is 28.8 Å². The van der Waals surface area contributed by atoms with Crippen LogP contribution >= 0.6 is 0 Å². The molecular formula is C18H17N3O7. The molecule has 2 aromatic rings. The number of methoxy groups -OCH3 is 1. The number of ether oxygens (including phenoxy) is 2. The normalized spacial score (nSPS) is 9.93. The van der Waals surface area contributed by atoms with Gasteiger partial charge in [0, 0.05) is 18.7 Å². The second-order valence-corrected chi connectivity index (χ2v) is 5.42. The average Bonchev–Trinajstić information content (AvgIpc) is 2.71. The predicted octanol–water partition coefficient (Wildman–Crippen LogP) is 1.76. The molecule has 0 spiro atoms. The Morgan fingerprint density at radius 1 is 1.07 bits per heavy atom. The molecule has 2 amide bonds. The van der Waals surface area contributed by atoms with Crippen LogP contribution < -0.4 is 15.4 Å². The van der Waals surface area contributed by atoms with Crippen molar-refractivity contribution in [3.05, 3.63) is 63.7 Å². The molecule has 2 rings (SSSR count). The third-order valence-corrected chi connectivity index (χ3v) is 3.64. The van der Waals surface area contributed by atoms with Crippen molar-refractivity contribution in [2.24, 2.45) is 0 Å². The lowest BCUT2D eigenvalue weighted by molar-refractivity contribution is -0.384. The van der Waals surface area contributed by atoms with Gasteiger partial charge >= 0.3 is 5.97 Å². The second kappa shape index (κ2) is 9.12. The molecule has 0 saturated heterocycles. The molecule has 0 radical (unpaired) electrons. The van der Waals surface area contributed by atoms with Gasteiger partial charge in [0.15, 0.2) is 6.61 Å². The van der Waals surface area contributed by atoms with Crippen molar-refractivity contribution in [1.82, 2.24) is 5.32 Å². The summed E-state index contributed by atoms with van der Waals surface area (Å²) in [5.41, 5.74) is 0.0409. The van der Waals surface area contributed by atoms with Crippen LogP contribution in [0.3, 0.4) is 0 Å². The van der Waals surface area contributed by atoms with Gasteiger partial charge in [-0.25, -0.2) is 4.79 Å². The molecule has 146 valence electrons. The van der Waals surface area contributed by atoms with Gasteiger partial charge in [-0.1, -0.05) is 0 Å². The summed E-state index contributed by atoms with van der Waals surface area (Å²) in [7, 11) is 2.98. The third kappa shape index (κ3) is 5.04. The Hall–Kier alpha value is -3.95. The Bertz CT molecular complexity index is 910. The van der Waals surface area contributed by atoms with Gasteiger partial charge in [-0.2, -0.15) is 0 Å². The minimum Gasteiger partial charge on any atom is -0.497 e. The molecule has 0 aromatic heterocycles. The van der Waals surface area contributed by atoms with E-state index in [1.165, 1.54) is 38.4 Å². The molecule has 0 unspecified atom stereocenters. The summed E-state index contributed by atoms with van der Waals surface area (Å²) < 4.78 is 9.78. The number of anilines is 1. The van der Waals surface area contributed by atoms with Crippen LogP contribution in [0, 0.1) is 10.1 Å². The Morgan fingerprint density at radius 2 is 1.71 bits per heavy atom. The molecule has 28 heavy (non-hydrogen) atoms. The van der Waals surface area contributed by atoms with Crippen LogP contribution in [0.15, 0.2) is 42.5 Å². The number of hydrogen-bond donors (Lipinski definition) is 2. The van der Waals surface area contributed by atoms with Crippen molar-refractivity contribution in [2.75, 3.05) is 26.1 Å². The first-order valence-corrected chi connectivity index (χ1v) is 7.97. The molecule has 10 heteroatoms. The number of hydrogen-bond acceptors (Lipinski definition) is 8. The quantitative estimate of drug-likeness (QED) is 0.416. The first kappa shape index (κ1) is 20.4. The van der Waals surface area contributed by atoms with Crippen LogP contribution in [0.4, 0.5) is 11.4 Å². The summed E-state index contributed by atoms with van der Waals surface area (Å²) in [5, 5.41) is 15.7. The zero-order chi connectivity index (χ0) is 20.7. The zero-order valence-corrected chi connectivity index (χ0v) is 15.1. The summed E-state index contributed by atoms with van der Waals surface area (Å²) in [4.78, 5) is 46.2. The van der Waals surface area contributed by atoms with Crippen LogP contribution in [0.5, 0.6) is 5.75 Å². The van der Waals surface area contributed by atoms with Gasteiger partial charge in [0.2, 0.25) is 0 Å². The molecule has 0 aliphatic heterocycles. The fourth-order valence-electron chi connectivity index (χ4n) is 2.21. The van der Waals surface area contributed by atoms with Crippen molar-refractivity contribution in [1.29, 1.82) is 0 Å². The number of nitro groups is 1. The number of imide groups is 1. The van der Waals surface area contributed by atoms with Crippen LogP contribution in [0.2, 0.25) is 0 Å². The summed E-state index contributed by atoms with van der Waals surface area (Å²) in [6, 6.07) is 9.76. The Kier molecular flexibility index (Phi) is 6.63. The molecule has 10 nitrogen and oxygen atoms in total. The zero-order valence-electron chi connectivity index (χ0n) is 15.1. The van der Waals surface area contributed by atoms with Crippen LogP contribution in [0.25, 0.3) is 0 Å². The van der Waals surface area contributed by atoms with E-state index in [-0.39, 0.29) is 22.5 Å². The largest absolute Gasteiger partial charge is 0.497 e. The van der Waals surface area contributed by atoms with Gasteiger partial charge in [-0.15, -0.1) is 0 Å². The van der Waals surface area contributed by atoms with Crippen molar-refractivity contribution >= 4 is 29.2 Å². The smallest absolute Gasteiger partial charge is 0.338 e. The minimum atomic E-state index is -0.933. The van der Waals surface area contributed by atoms with Gasteiger partial charge < -0.3 is 14.8 Å². The molecule has 0 saturated carbocycles. The van der Waals surface area contributed by atoms with Gasteiger partial charge in [-0.05, 0) is 36.4 Å². The summed E-state index contributed by atoms with van der Waals surface area (Å²) >= 11 is 0. The van der Waals surface area contributed by atoms with Crippen molar-refractivity contribution in [2.45, 2.75) is 0 Å². The fourth-order valence-corrected chi connectivity index (χ4v) is 2.21. The maximum absolute atomic E-state index is 12.0. The first-order chi connectivity index (χ1) is 13.3. The van der Waals surface area contributed by atoms with Gasteiger partial charge in [-0.3, -0.25) is 25.0 Å². The molecule has 0 atom stereocenters. The van der Waals surface area contributed by atoms with Crippen LogP contribution in [-0.2, 0) is 9.53 Å². The number of amides is 2. The highest BCUT2D eigenvalue weighted by Gasteiger charge is 2.19. The van der Waals surface area contributed by atoms with E-state index in [1.807, 2.05) is 0 Å². The fraction of sp³-hybridized carbons (Fsp3) is 0.167. The van der Waals surface area contributed by atoms with E-state index in [1.54, 1.807) is 12.1 Å². The number of esters is 1. The van der Waals surface area contributed by atoms with E-state index in [2.05, 4.69) is 10.6 Å². The number of nitrogens with one attached hydrogen (secondary N) is 2. The average molecular weight is 387 g/mol. The lowest BCUT2D eigenvalue weighted by Gasteiger charge is -2.07. The number of carbonyl (C=O) groups excluding carboxylic acids is 3. The monoisotopic (exact) mass is 387 g/mol. The Morgan fingerprint density at radius 3 is 2.29 bits per heavy atom. The summed E-state index contributed by atoms with van der Waals surface area (Å²) in [6.45, 7) is -0.720. The lowest BCUT2D eigenvalue weighted by Crippen LogP contribution is -2.34. The van der Waals surface area contributed by atoms with E-state index >= 15 is 0 Å². The Labute approximate surface area is 159 Å². The van der Waals surface area contributed by atoms with E-state index in [0.717, 1.165) is 6.07 Å². The molecule has 2 N–H and O–H groups in total. The Balaban J connectivity index is 1.94. The second-order valence-electron chi connectivity index (χ2n) is 5.42. The molecule has 2 aromatic carbocycles. The SMILES string of the molecule is CNc1ccc(C(=O)OCC(=O)NC(=O)c2ccc(OC)cc2)cc1[N+](=O)[O-]. The number of rotatable bonds is 7. The van der Waals surface area contributed by atoms with E-state index in [4.69, 9.17) is 9.47 Å². The van der Waals surface area contributed by atoms with E-state index in [0.29, 0.717) is 5.75 Å². The number of nitro benzene ring substituents is 1. The van der Waals surface area contributed by atoms with E-state index < -0.39 is 29.3 Å². The first-order valence-electron chi connectivity index (χ1n) is 7.97. The maximum Gasteiger partial charge on any atom is 0.338 e. The van der Waals surface area contributed by atoms with Gasteiger partial charge in [0.05, 0.1) is 17.6 Å². The molecular weight excluding hydrogens is 370 g/mol. The highest BCUT2D eigenvalue weighted by molar-refractivity contribution is 6.05. The van der Waals surface area contributed by atoms with Crippen LogP contribution in [0.1, 0.15) is 20.7 Å². The number of carbonyl (C=O) groups is 3. The summed E-state index contributed by atoms with van der Waals surface area (Å²) in [5.74, 6) is -1.89. The number of nitrogens with zero attached hydrogens (tertiary/aromatic N) is 1. The highest BCUT2D eigenvalue weighted by atomic mass is 16.6. The maximum atomic E-state index is 12.0. The van der Waals surface area contributed by atoms with Crippen LogP contribution in [-0.4, -0.2) is 43.5 Å². The lowest BCUT2D eigenvalue weighted by atomic mass is 10.1. The molecule has 0 heterocycles. The van der Waals surface area contributed by atoms with E-state index in [9.17, 15) is 24.5 Å². The molecule has 0 fully saturated rings. The topological polar surface area (TPSA) is 137 Å². The highest BCUT2D eigenvalue weighted by Crippen LogP contribution is 2.25. The third-order valence-electron chi connectivity index (χ3n) is 3.64. The van der Waals surface area contributed by atoms with Crippen molar-refractivity contribution in [3.8, 4) is 5.75 Å². The molecule has 0 aliphatic rings. The van der Waals surface area contributed by atoms with Gasteiger partial charge in [0.25, 0.3) is 17.5 Å². The summed E-state index contributed by atoms with van der Waals surface area (Å²) in [6.07, 6.45) is 0. The van der Waals surface area contributed by atoms with Gasteiger partial charge in [0.1, 0.15) is 11.4 Å². The minimum absolute atomic E-state index is 0.0972. The molecule has 0 aliphatic carbocycles. The standard InChI is InChI=1S/C18H17N3O7/c1-19-14-8-5-12(9-15(14)21(25)26)18(24)28-10-16(22)20-17(23)11-3-6-13(27-2)7-4-11/h3-9,19H,10H2,1-2H3,(H,20,22,23). The van der Waals surface area contributed by atoms with Crippen molar-refractivity contribution in [3.63, 3.8) is 0 Å².